The summed E-state index contributed by atoms with van der Waals surface area (Å²) in [6.07, 6.45) is 1.95. The Kier molecular flexibility index (Phi) is 5.47. The summed E-state index contributed by atoms with van der Waals surface area (Å²) < 4.78 is 6.14. The Bertz CT molecular complexity index is 613. The van der Waals surface area contributed by atoms with Crippen LogP contribution in [-0.2, 0) is 9.53 Å². The van der Waals surface area contributed by atoms with Gasteiger partial charge in [0.25, 0.3) is 0 Å². The number of ether oxygens (including phenoxy) is 1. The Balaban J connectivity index is 2.47. The molecule has 1 heterocycles. The molecule has 4 nitrogen and oxygen atoms in total. The standard InChI is InChI=1S/C15H17BrN2O2S/c1-4-20-14(19)12-9(2)17-15(21-3)18-13(12)10-6-5-7-11(16)8-10/h5-8,13H,4H2,1-3H3,(H,17,18)/t13-/m1/s1. The molecule has 6 heteroatoms. The average Bonchev–Trinajstić information content (AvgIpc) is 2.46. The van der Waals surface area contributed by atoms with Crippen LogP contribution in [0.2, 0.25) is 0 Å². The molecule has 0 bridgehead atoms. The van der Waals surface area contributed by atoms with Crippen molar-refractivity contribution in [2.75, 3.05) is 12.9 Å². The number of hydrogen-bond donors (Lipinski definition) is 1. The molecule has 112 valence electrons. The first-order chi connectivity index (χ1) is 10.1. The van der Waals surface area contributed by atoms with E-state index in [1.165, 1.54) is 11.8 Å². The van der Waals surface area contributed by atoms with Crippen molar-refractivity contribution in [3.8, 4) is 0 Å². The molecule has 0 radical (unpaired) electrons. The number of nitrogens with zero attached hydrogens (tertiary/aromatic N) is 1. The quantitative estimate of drug-likeness (QED) is 0.827. The molecule has 1 atom stereocenters. The molecule has 1 aromatic carbocycles. The van der Waals surface area contributed by atoms with Crippen molar-refractivity contribution in [1.29, 1.82) is 0 Å². The Labute approximate surface area is 137 Å². The van der Waals surface area contributed by atoms with Gasteiger partial charge < -0.3 is 10.1 Å². The molecule has 0 unspecified atom stereocenters. The molecule has 1 aliphatic heterocycles. The lowest BCUT2D eigenvalue weighted by Crippen LogP contribution is -2.30. The normalized spacial score (nSPS) is 18.1. The summed E-state index contributed by atoms with van der Waals surface area (Å²) in [7, 11) is 0. The van der Waals surface area contributed by atoms with Gasteiger partial charge in [-0.05, 0) is 37.8 Å². The largest absolute Gasteiger partial charge is 0.463 e. The van der Waals surface area contributed by atoms with E-state index in [4.69, 9.17) is 4.74 Å². The molecular weight excluding hydrogens is 352 g/mol. The molecule has 1 N–H and O–H groups in total. The smallest absolute Gasteiger partial charge is 0.338 e. The van der Waals surface area contributed by atoms with Crippen molar-refractivity contribution in [2.45, 2.75) is 19.9 Å². The zero-order valence-corrected chi connectivity index (χ0v) is 14.5. The monoisotopic (exact) mass is 368 g/mol. The Hall–Kier alpha value is -1.27. The third-order valence-corrected chi connectivity index (χ3v) is 4.16. The molecule has 0 amide bonds. The van der Waals surface area contributed by atoms with Crippen molar-refractivity contribution in [1.82, 2.24) is 5.32 Å². The summed E-state index contributed by atoms with van der Waals surface area (Å²) in [4.78, 5) is 16.9. The third kappa shape index (κ3) is 3.68. The zero-order valence-electron chi connectivity index (χ0n) is 12.1. The number of aliphatic imine (C=N–C) groups is 1. The van der Waals surface area contributed by atoms with Crippen LogP contribution in [0.25, 0.3) is 0 Å². The highest BCUT2D eigenvalue weighted by molar-refractivity contribution is 9.10. The van der Waals surface area contributed by atoms with Gasteiger partial charge >= 0.3 is 5.97 Å². The van der Waals surface area contributed by atoms with Crippen LogP contribution in [0.4, 0.5) is 0 Å². The molecule has 0 aliphatic carbocycles. The number of esters is 1. The molecule has 2 rings (SSSR count). The van der Waals surface area contributed by atoms with Gasteiger partial charge in [-0.2, -0.15) is 0 Å². The van der Waals surface area contributed by atoms with Crippen molar-refractivity contribution in [2.24, 2.45) is 4.99 Å². The summed E-state index contributed by atoms with van der Waals surface area (Å²) in [5, 5.41) is 3.95. The van der Waals surface area contributed by atoms with Crippen LogP contribution in [0.3, 0.4) is 0 Å². The van der Waals surface area contributed by atoms with Crippen LogP contribution in [0.15, 0.2) is 45.0 Å². The Morgan fingerprint density at radius 3 is 2.90 bits per heavy atom. The fourth-order valence-corrected chi connectivity index (χ4v) is 3.02. The number of nitrogens with one attached hydrogen (secondary N) is 1. The van der Waals surface area contributed by atoms with Gasteiger partial charge in [0.1, 0.15) is 6.04 Å². The van der Waals surface area contributed by atoms with Gasteiger partial charge in [0.05, 0.1) is 12.2 Å². The van der Waals surface area contributed by atoms with Crippen molar-refractivity contribution < 1.29 is 9.53 Å². The van der Waals surface area contributed by atoms with Gasteiger partial charge in [-0.3, -0.25) is 0 Å². The molecule has 0 saturated carbocycles. The molecule has 0 spiro atoms. The van der Waals surface area contributed by atoms with Crippen LogP contribution >= 0.6 is 27.7 Å². The van der Waals surface area contributed by atoms with Gasteiger partial charge in [0.2, 0.25) is 0 Å². The molecule has 0 aromatic heterocycles. The highest BCUT2D eigenvalue weighted by atomic mass is 79.9. The fraction of sp³-hybridized carbons (Fsp3) is 0.333. The Morgan fingerprint density at radius 1 is 1.52 bits per heavy atom. The summed E-state index contributed by atoms with van der Waals surface area (Å²) in [6, 6.07) is 7.49. The first-order valence-electron chi connectivity index (χ1n) is 6.59. The number of amidine groups is 1. The van der Waals surface area contributed by atoms with Gasteiger partial charge in [-0.15, -0.1) is 0 Å². The molecule has 1 aliphatic rings. The van der Waals surface area contributed by atoms with E-state index in [0.717, 1.165) is 20.9 Å². The maximum atomic E-state index is 12.3. The molecule has 21 heavy (non-hydrogen) atoms. The predicted octanol–water partition coefficient (Wildman–Crippen LogP) is 3.65. The predicted molar refractivity (Wildman–Crippen MR) is 90.3 cm³/mol. The fourth-order valence-electron chi connectivity index (χ4n) is 2.14. The minimum Gasteiger partial charge on any atom is -0.463 e. The minimum absolute atomic E-state index is 0.323. The first kappa shape index (κ1) is 16.1. The van der Waals surface area contributed by atoms with Crippen LogP contribution in [0.5, 0.6) is 0 Å². The first-order valence-corrected chi connectivity index (χ1v) is 8.60. The van der Waals surface area contributed by atoms with E-state index in [2.05, 4.69) is 26.2 Å². The summed E-state index contributed by atoms with van der Waals surface area (Å²) in [6.45, 7) is 4.02. The van der Waals surface area contributed by atoms with Crippen LogP contribution in [0.1, 0.15) is 25.5 Å². The number of carbonyl (C=O) groups is 1. The van der Waals surface area contributed by atoms with Crippen molar-refractivity contribution in [3.63, 3.8) is 0 Å². The van der Waals surface area contributed by atoms with Gasteiger partial charge in [0, 0.05) is 10.2 Å². The zero-order chi connectivity index (χ0) is 15.4. The number of rotatable bonds is 3. The second kappa shape index (κ2) is 7.13. The van der Waals surface area contributed by atoms with E-state index in [-0.39, 0.29) is 12.0 Å². The van der Waals surface area contributed by atoms with E-state index in [1.807, 2.05) is 37.4 Å². The van der Waals surface area contributed by atoms with E-state index < -0.39 is 0 Å². The molecule has 1 aromatic rings. The van der Waals surface area contributed by atoms with Crippen molar-refractivity contribution >= 4 is 38.8 Å². The van der Waals surface area contributed by atoms with E-state index in [0.29, 0.717) is 12.2 Å². The van der Waals surface area contributed by atoms with Gasteiger partial charge in [-0.25, -0.2) is 9.79 Å². The average molecular weight is 369 g/mol. The highest BCUT2D eigenvalue weighted by Crippen LogP contribution is 2.33. The third-order valence-electron chi connectivity index (χ3n) is 3.07. The van der Waals surface area contributed by atoms with Crippen LogP contribution in [-0.4, -0.2) is 24.0 Å². The molecule has 0 fully saturated rings. The van der Waals surface area contributed by atoms with E-state index in [9.17, 15) is 4.79 Å². The summed E-state index contributed by atoms with van der Waals surface area (Å²) in [5.74, 6) is -0.323. The summed E-state index contributed by atoms with van der Waals surface area (Å²) >= 11 is 4.98. The molecular formula is C15H17BrN2O2S. The maximum absolute atomic E-state index is 12.3. The van der Waals surface area contributed by atoms with Gasteiger partial charge in [0.15, 0.2) is 5.17 Å². The topological polar surface area (TPSA) is 50.7 Å². The van der Waals surface area contributed by atoms with E-state index >= 15 is 0 Å². The van der Waals surface area contributed by atoms with Crippen molar-refractivity contribution in [3.05, 3.63) is 45.6 Å². The minimum atomic E-state index is -0.342. The summed E-state index contributed by atoms with van der Waals surface area (Å²) in [5.41, 5.74) is 2.31. The number of hydrogen-bond acceptors (Lipinski definition) is 5. The van der Waals surface area contributed by atoms with Gasteiger partial charge in [-0.1, -0.05) is 39.8 Å². The number of benzene rings is 1. The number of allylic oxidation sites excluding steroid dienone is 1. The second-order valence-electron chi connectivity index (χ2n) is 4.48. The maximum Gasteiger partial charge on any atom is 0.338 e. The highest BCUT2D eigenvalue weighted by Gasteiger charge is 2.30. The Morgan fingerprint density at radius 2 is 2.29 bits per heavy atom. The number of halogens is 1. The lowest BCUT2D eigenvalue weighted by atomic mass is 9.97. The lowest BCUT2D eigenvalue weighted by Gasteiger charge is -2.25. The van der Waals surface area contributed by atoms with Crippen LogP contribution in [0, 0.1) is 0 Å². The SMILES string of the molecule is CCOC(=O)C1=C(C)NC(SC)=N[C@@H]1c1cccc(Br)c1. The number of carbonyl (C=O) groups excluding carboxylic acids is 1. The number of thioether (sulfide) groups is 1. The van der Waals surface area contributed by atoms with E-state index in [1.54, 1.807) is 6.92 Å². The second-order valence-corrected chi connectivity index (χ2v) is 6.19. The molecule has 0 saturated heterocycles. The van der Waals surface area contributed by atoms with Crippen LogP contribution < -0.4 is 5.32 Å². The lowest BCUT2D eigenvalue weighted by molar-refractivity contribution is -0.138.